The van der Waals surface area contributed by atoms with Crippen LogP contribution in [-0.2, 0) is 4.79 Å². The molecule has 2 amide bonds. The number of nitrogens with zero attached hydrogens (tertiary/aromatic N) is 1. The minimum absolute atomic E-state index is 0.327. The van der Waals surface area contributed by atoms with Gasteiger partial charge in [0.1, 0.15) is 5.01 Å². The Bertz CT molecular complexity index is 925. The lowest BCUT2D eigenvalue weighted by atomic mass is 10.1. The average molecular weight is 338 g/mol. The van der Waals surface area contributed by atoms with Crippen LogP contribution in [-0.4, -0.2) is 16.1 Å². The van der Waals surface area contributed by atoms with E-state index < -0.39 is 0 Å². The van der Waals surface area contributed by atoms with E-state index in [9.17, 15) is 9.59 Å². The monoisotopic (exact) mass is 338 g/mol. The lowest BCUT2D eigenvalue weighted by Crippen LogP contribution is -2.17. The van der Waals surface area contributed by atoms with E-state index >= 15 is 0 Å². The van der Waals surface area contributed by atoms with Gasteiger partial charge in [-0.05, 0) is 35.5 Å². The van der Waals surface area contributed by atoms with E-state index in [2.05, 4.69) is 16.4 Å². The van der Waals surface area contributed by atoms with Crippen molar-refractivity contribution < 1.29 is 9.59 Å². The van der Waals surface area contributed by atoms with Gasteiger partial charge in [0.15, 0.2) is 0 Å². The molecule has 0 unspecified atom stereocenters. The third kappa shape index (κ3) is 2.78. The number of hydrogen-bond acceptors (Lipinski definition) is 5. The molecular formula is C17H10N2O2S2. The van der Waals surface area contributed by atoms with Gasteiger partial charge in [-0.15, -0.1) is 11.3 Å². The van der Waals surface area contributed by atoms with Gasteiger partial charge >= 0.3 is 0 Å². The van der Waals surface area contributed by atoms with Gasteiger partial charge in [-0.25, -0.2) is 4.98 Å². The molecule has 4 nitrogen and oxygen atoms in total. The average Bonchev–Trinajstić information content (AvgIpc) is 3.11. The molecule has 0 spiro atoms. The highest BCUT2D eigenvalue weighted by molar-refractivity contribution is 8.18. The Balaban J connectivity index is 1.64. The van der Waals surface area contributed by atoms with Gasteiger partial charge in [0.2, 0.25) is 0 Å². The second-order valence-corrected chi connectivity index (χ2v) is 7.01. The zero-order chi connectivity index (χ0) is 15.8. The van der Waals surface area contributed by atoms with E-state index in [0.29, 0.717) is 4.91 Å². The van der Waals surface area contributed by atoms with Gasteiger partial charge in [-0.2, -0.15) is 0 Å². The molecule has 3 aromatic rings. The summed E-state index contributed by atoms with van der Waals surface area (Å²) in [5, 5.41) is 2.89. The van der Waals surface area contributed by atoms with E-state index in [4.69, 9.17) is 0 Å². The minimum Gasteiger partial charge on any atom is -0.282 e. The first-order valence-corrected chi connectivity index (χ1v) is 8.53. The first-order chi connectivity index (χ1) is 11.2. The predicted molar refractivity (Wildman–Crippen MR) is 94.2 cm³/mol. The van der Waals surface area contributed by atoms with Crippen LogP contribution < -0.4 is 5.32 Å². The van der Waals surface area contributed by atoms with Crippen LogP contribution >= 0.6 is 23.1 Å². The third-order valence-corrected chi connectivity index (χ3v) is 5.29. The molecule has 0 aliphatic carbocycles. The number of para-hydroxylation sites is 1. The van der Waals surface area contributed by atoms with Gasteiger partial charge in [0, 0.05) is 5.56 Å². The van der Waals surface area contributed by atoms with Crippen molar-refractivity contribution in [2.45, 2.75) is 0 Å². The van der Waals surface area contributed by atoms with Gasteiger partial charge in [-0.1, -0.05) is 36.4 Å². The molecule has 0 bridgehead atoms. The summed E-state index contributed by atoms with van der Waals surface area (Å²) in [4.78, 5) is 27.8. The molecule has 4 rings (SSSR count). The first-order valence-electron chi connectivity index (χ1n) is 6.90. The van der Waals surface area contributed by atoms with Gasteiger partial charge in [-0.3, -0.25) is 14.9 Å². The summed E-state index contributed by atoms with van der Waals surface area (Å²) in [6.07, 6.45) is 1.72. The normalized spacial score (nSPS) is 16.3. The van der Waals surface area contributed by atoms with Crippen molar-refractivity contribution in [3.63, 3.8) is 0 Å². The number of rotatable bonds is 2. The van der Waals surface area contributed by atoms with Crippen LogP contribution in [0, 0.1) is 0 Å². The molecule has 0 radical (unpaired) electrons. The molecule has 112 valence electrons. The minimum atomic E-state index is -0.338. The Hall–Kier alpha value is -2.44. The summed E-state index contributed by atoms with van der Waals surface area (Å²) in [6.45, 7) is 0. The lowest BCUT2D eigenvalue weighted by molar-refractivity contribution is -0.115. The van der Waals surface area contributed by atoms with E-state index in [1.54, 1.807) is 17.4 Å². The summed E-state index contributed by atoms with van der Waals surface area (Å²) in [7, 11) is 0. The summed E-state index contributed by atoms with van der Waals surface area (Å²) >= 11 is 2.57. The van der Waals surface area contributed by atoms with Crippen LogP contribution in [0.25, 0.3) is 26.9 Å². The number of carbonyl (C=O) groups excluding carboxylic acids is 2. The Kier molecular flexibility index (Phi) is 3.48. The molecule has 1 aliphatic rings. The number of aromatic nitrogens is 1. The maximum atomic E-state index is 11.5. The zero-order valence-corrected chi connectivity index (χ0v) is 13.4. The largest absolute Gasteiger partial charge is 0.290 e. The number of fused-ring (bicyclic) bond motifs is 1. The SMILES string of the molecule is O=C1NC(=O)C(=Cc2ccc(-c3nc4ccccc4s3)cc2)S1. The van der Waals surface area contributed by atoms with Crippen molar-refractivity contribution in [1.29, 1.82) is 0 Å². The summed E-state index contributed by atoms with van der Waals surface area (Å²) in [6, 6.07) is 15.8. The van der Waals surface area contributed by atoms with Crippen molar-refractivity contribution in [2.75, 3.05) is 0 Å². The molecule has 1 N–H and O–H groups in total. The molecule has 2 heterocycles. The second-order valence-electron chi connectivity index (χ2n) is 4.96. The van der Waals surface area contributed by atoms with Crippen molar-refractivity contribution >= 4 is 50.5 Å². The zero-order valence-electron chi connectivity index (χ0n) is 11.8. The number of nitrogens with one attached hydrogen (secondary N) is 1. The van der Waals surface area contributed by atoms with Gasteiger partial charge < -0.3 is 0 Å². The molecule has 0 atom stereocenters. The number of benzene rings is 2. The molecule has 1 aromatic heterocycles. The fraction of sp³-hybridized carbons (Fsp3) is 0. The molecule has 1 fully saturated rings. The standard InChI is InChI=1S/C17H10N2O2S2/c20-15-14(23-17(21)19-15)9-10-5-7-11(8-6-10)16-18-12-3-1-2-4-13(12)22-16/h1-9H,(H,19,20,21). The maximum absolute atomic E-state index is 11.5. The molecule has 23 heavy (non-hydrogen) atoms. The van der Waals surface area contributed by atoms with Gasteiger partial charge in [0.25, 0.3) is 11.1 Å². The number of thiazole rings is 1. The summed E-state index contributed by atoms with van der Waals surface area (Å²) < 4.78 is 1.16. The third-order valence-electron chi connectivity index (χ3n) is 3.39. The smallest absolute Gasteiger partial charge is 0.282 e. The molecule has 2 aromatic carbocycles. The van der Waals surface area contributed by atoms with Crippen LogP contribution in [0.4, 0.5) is 4.79 Å². The topological polar surface area (TPSA) is 59.1 Å². The van der Waals surface area contributed by atoms with E-state index in [0.717, 1.165) is 38.1 Å². The highest BCUT2D eigenvalue weighted by Crippen LogP contribution is 2.31. The van der Waals surface area contributed by atoms with Crippen LogP contribution in [0.15, 0.2) is 53.4 Å². The van der Waals surface area contributed by atoms with Crippen molar-refractivity contribution in [2.24, 2.45) is 0 Å². The van der Waals surface area contributed by atoms with Gasteiger partial charge in [0.05, 0.1) is 15.1 Å². The number of amides is 2. The summed E-state index contributed by atoms with van der Waals surface area (Å²) in [5.74, 6) is -0.338. The fourth-order valence-corrected chi connectivity index (χ4v) is 3.94. The summed E-state index contributed by atoms with van der Waals surface area (Å²) in [5.41, 5.74) is 2.91. The Morgan fingerprint density at radius 1 is 1.00 bits per heavy atom. The first kappa shape index (κ1) is 14.2. The lowest BCUT2D eigenvalue weighted by Gasteiger charge is -1.98. The molecule has 1 aliphatic heterocycles. The Morgan fingerprint density at radius 3 is 2.48 bits per heavy atom. The van der Waals surface area contributed by atoms with E-state index in [1.807, 2.05) is 42.5 Å². The number of imide groups is 1. The second kappa shape index (κ2) is 5.64. The maximum Gasteiger partial charge on any atom is 0.290 e. The van der Waals surface area contributed by atoms with Crippen LogP contribution in [0.5, 0.6) is 0 Å². The van der Waals surface area contributed by atoms with Crippen LogP contribution in [0.1, 0.15) is 5.56 Å². The molecule has 6 heteroatoms. The van der Waals surface area contributed by atoms with E-state index in [-0.39, 0.29) is 11.1 Å². The Morgan fingerprint density at radius 2 is 1.78 bits per heavy atom. The molecule has 0 saturated carbocycles. The highest BCUT2D eigenvalue weighted by atomic mass is 32.2. The highest BCUT2D eigenvalue weighted by Gasteiger charge is 2.24. The van der Waals surface area contributed by atoms with Crippen LogP contribution in [0.3, 0.4) is 0 Å². The van der Waals surface area contributed by atoms with Crippen molar-refractivity contribution in [1.82, 2.24) is 10.3 Å². The van der Waals surface area contributed by atoms with Crippen LogP contribution in [0.2, 0.25) is 0 Å². The number of hydrogen-bond donors (Lipinski definition) is 1. The number of thioether (sulfide) groups is 1. The predicted octanol–water partition coefficient (Wildman–Crippen LogP) is 4.29. The molecule has 1 saturated heterocycles. The van der Waals surface area contributed by atoms with E-state index in [1.165, 1.54) is 0 Å². The Labute approximate surface area is 140 Å². The number of carbonyl (C=O) groups is 2. The molecular weight excluding hydrogens is 328 g/mol. The quantitative estimate of drug-likeness (QED) is 0.708. The van der Waals surface area contributed by atoms with Crippen molar-refractivity contribution in [3.8, 4) is 10.6 Å². The van der Waals surface area contributed by atoms with Crippen molar-refractivity contribution in [3.05, 3.63) is 59.0 Å². The fourth-order valence-electron chi connectivity index (χ4n) is 2.29.